The van der Waals surface area contributed by atoms with E-state index < -0.39 is 5.97 Å². The molecule has 1 aromatic rings. The fourth-order valence-corrected chi connectivity index (χ4v) is 3.37. The predicted octanol–water partition coefficient (Wildman–Crippen LogP) is 2.34. The van der Waals surface area contributed by atoms with Crippen LogP contribution in [-0.4, -0.2) is 16.9 Å². The SMILES string of the molecule is O=C(O)c1sc(Br)c2c1CCC2=O. The van der Waals surface area contributed by atoms with Gasteiger partial charge in [-0.15, -0.1) is 11.3 Å². The average Bonchev–Trinajstić information content (AvgIpc) is 2.55. The van der Waals surface area contributed by atoms with Gasteiger partial charge in [0.1, 0.15) is 4.88 Å². The Labute approximate surface area is 86.5 Å². The first kappa shape index (κ1) is 8.90. The van der Waals surface area contributed by atoms with Crippen molar-refractivity contribution in [3.8, 4) is 0 Å². The number of thiophene rings is 1. The van der Waals surface area contributed by atoms with Gasteiger partial charge in [0.25, 0.3) is 0 Å². The molecule has 1 aliphatic rings. The molecule has 0 bridgehead atoms. The molecular weight excluding hydrogens is 256 g/mol. The van der Waals surface area contributed by atoms with E-state index in [-0.39, 0.29) is 5.78 Å². The van der Waals surface area contributed by atoms with Crippen LogP contribution in [0.4, 0.5) is 0 Å². The van der Waals surface area contributed by atoms with Gasteiger partial charge in [0.05, 0.1) is 3.79 Å². The molecule has 0 saturated heterocycles. The molecule has 1 aliphatic carbocycles. The molecule has 0 atom stereocenters. The normalized spacial score (nSPS) is 14.7. The Kier molecular flexibility index (Phi) is 2.00. The van der Waals surface area contributed by atoms with Gasteiger partial charge in [-0.2, -0.15) is 0 Å². The Morgan fingerprint density at radius 3 is 2.77 bits per heavy atom. The molecule has 2 rings (SSSR count). The molecule has 0 aliphatic heterocycles. The largest absolute Gasteiger partial charge is 0.477 e. The quantitative estimate of drug-likeness (QED) is 0.844. The van der Waals surface area contributed by atoms with Crippen molar-refractivity contribution in [2.24, 2.45) is 0 Å². The fourth-order valence-electron chi connectivity index (χ4n) is 1.49. The molecule has 68 valence electrons. The zero-order chi connectivity index (χ0) is 9.59. The van der Waals surface area contributed by atoms with Crippen LogP contribution in [-0.2, 0) is 6.42 Å². The fraction of sp³-hybridized carbons (Fsp3) is 0.250. The summed E-state index contributed by atoms with van der Waals surface area (Å²) in [5, 5.41) is 8.83. The number of ketones is 1. The smallest absolute Gasteiger partial charge is 0.346 e. The third kappa shape index (κ3) is 1.23. The van der Waals surface area contributed by atoms with Gasteiger partial charge in [-0.3, -0.25) is 4.79 Å². The molecule has 1 N–H and O–H groups in total. The maximum absolute atomic E-state index is 11.3. The third-order valence-electron chi connectivity index (χ3n) is 2.04. The molecule has 0 fully saturated rings. The first-order chi connectivity index (χ1) is 6.11. The summed E-state index contributed by atoms with van der Waals surface area (Å²) in [6, 6.07) is 0. The lowest BCUT2D eigenvalue weighted by molar-refractivity contribution is 0.0701. The number of halogens is 1. The molecule has 3 nitrogen and oxygen atoms in total. The van der Waals surface area contributed by atoms with Crippen LogP contribution >= 0.6 is 27.3 Å². The highest BCUT2D eigenvalue weighted by Gasteiger charge is 2.30. The molecule has 1 heterocycles. The summed E-state index contributed by atoms with van der Waals surface area (Å²) in [6.07, 6.45) is 1.01. The van der Waals surface area contributed by atoms with Gasteiger partial charge >= 0.3 is 5.97 Å². The number of aromatic carboxylic acids is 1. The second-order valence-corrected chi connectivity index (χ2v) is 5.13. The Bertz CT molecular complexity index is 408. The predicted molar refractivity (Wildman–Crippen MR) is 51.6 cm³/mol. The molecule has 0 unspecified atom stereocenters. The van der Waals surface area contributed by atoms with Crippen molar-refractivity contribution in [2.45, 2.75) is 12.8 Å². The second kappa shape index (κ2) is 2.92. The highest BCUT2D eigenvalue weighted by molar-refractivity contribution is 9.11. The van der Waals surface area contributed by atoms with Gasteiger partial charge < -0.3 is 5.11 Å². The molecular formula is C8H5BrO3S. The number of carboxylic acid groups (broad SMARTS) is 1. The molecule has 1 aromatic heterocycles. The Hall–Kier alpha value is -0.680. The van der Waals surface area contributed by atoms with Crippen LogP contribution in [0.2, 0.25) is 0 Å². The molecule has 0 aromatic carbocycles. The van der Waals surface area contributed by atoms with E-state index >= 15 is 0 Å². The highest BCUT2D eigenvalue weighted by atomic mass is 79.9. The maximum atomic E-state index is 11.3. The number of hydrogen-bond donors (Lipinski definition) is 1. The highest BCUT2D eigenvalue weighted by Crippen LogP contribution is 2.38. The standard InChI is InChI=1S/C8H5BrO3S/c9-7-5-3(1-2-4(5)10)6(13-7)8(11)12/h1-2H2,(H,11,12). The lowest BCUT2D eigenvalue weighted by Gasteiger charge is -1.90. The molecule has 0 spiro atoms. The summed E-state index contributed by atoms with van der Waals surface area (Å²) >= 11 is 4.34. The van der Waals surface area contributed by atoms with Gasteiger partial charge in [-0.25, -0.2) is 4.79 Å². The lowest BCUT2D eigenvalue weighted by Crippen LogP contribution is -1.95. The summed E-state index contributed by atoms with van der Waals surface area (Å²) in [5.41, 5.74) is 1.29. The summed E-state index contributed by atoms with van der Waals surface area (Å²) in [7, 11) is 0. The van der Waals surface area contributed by atoms with Gasteiger partial charge in [0.15, 0.2) is 5.78 Å². The number of carbonyl (C=O) groups excluding carboxylic acids is 1. The van der Waals surface area contributed by atoms with Crippen molar-refractivity contribution in [3.05, 3.63) is 19.8 Å². The number of Topliss-reactive ketones (excluding diaryl/α,β-unsaturated/α-hetero) is 1. The number of carboxylic acids is 1. The summed E-state index contributed by atoms with van der Waals surface area (Å²) in [4.78, 5) is 22.4. The Balaban J connectivity index is 2.65. The summed E-state index contributed by atoms with van der Waals surface area (Å²) in [6.45, 7) is 0. The van der Waals surface area contributed by atoms with E-state index in [0.29, 0.717) is 32.6 Å². The van der Waals surface area contributed by atoms with Crippen LogP contribution in [0.5, 0.6) is 0 Å². The van der Waals surface area contributed by atoms with Crippen LogP contribution in [0, 0.1) is 0 Å². The number of hydrogen-bond acceptors (Lipinski definition) is 3. The van der Waals surface area contributed by atoms with Gasteiger partial charge in [0, 0.05) is 12.0 Å². The van der Waals surface area contributed by atoms with Crippen LogP contribution in [0.15, 0.2) is 3.79 Å². The van der Waals surface area contributed by atoms with E-state index in [1.165, 1.54) is 0 Å². The first-order valence-electron chi connectivity index (χ1n) is 3.69. The van der Waals surface area contributed by atoms with E-state index in [0.717, 1.165) is 11.3 Å². The van der Waals surface area contributed by atoms with E-state index in [2.05, 4.69) is 15.9 Å². The molecule has 0 saturated carbocycles. The van der Waals surface area contributed by atoms with E-state index in [1.54, 1.807) is 0 Å². The van der Waals surface area contributed by atoms with Gasteiger partial charge in [0.2, 0.25) is 0 Å². The van der Waals surface area contributed by atoms with Crippen LogP contribution < -0.4 is 0 Å². The van der Waals surface area contributed by atoms with E-state index in [4.69, 9.17) is 5.11 Å². The monoisotopic (exact) mass is 260 g/mol. The minimum absolute atomic E-state index is 0.0469. The van der Waals surface area contributed by atoms with Crippen molar-refractivity contribution >= 4 is 39.0 Å². The third-order valence-corrected chi connectivity index (χ3v) is 3.93. The van der Waals surface area contributed by atoms with Crippen molar-refractivity contribution in [1.29, 1.82) is 0 Å². The molecule has 0 amide bonds. The number of rotatable bonds is 1. The Morgan fingerprint density at radius 2 is 2.15 bits per heavy atom. The summed E-state index contributed by atoms with van der Waals surface area (Å²) < 4.78 is 0.655. The molecule has 5 heteroatoms. The van der Waals surface area contributed by atoms with Crippen molar-refractivity contribution < 1.29 is 14.7 Å². The van der Waals surface area contributed by atoms with Gasteiger partial charge in [-0.1, -0.05) is 0 Å². The average molecular weight is 261 g/mol. The van der Waals surface area contributed by atoms with Crippen LogP contribution in [0.3, 0.4) is 0 Å². The lowest BCUT2D eigenvalue weighted by atomic mass is 10.2. The van der Waals surface area contributed by atoms with E-state index in [9.17, 15) is 9.59 Å². The Morgan fingerprint density at radius 1 is 1.46 bits per heavy atom. The maximum Gasteiger partial charge on any atom is 0.346 e. The minimum Gasteiger partial charge on any atom is -0.477 e. The number of fused-ring (bicyclic) bond motifs is 1. The van der Waals surface area contributed by atoms with Crippen LogP contribution in [0.25, 0.3) is 0 Å². The first-order valence-corrected chi connectivity index (χ1v) is 5.30. The minimum atomic E-state index is -0.943. The van der Waals surface area contributed by atoms with E-state index in [1.807, 2.05) is 0 Å². The molecule has 0 radical (unpaired) electrons. The number of carbonyl (C=O) groups is 2. The van der Waals surface area contributed by atoms with Crippen molar-refractivity contribution in [2.75, 3.05) is 0 Å². The topological polar surface area (TPSA) is 54.4 Å². The van der Waals surface area contributed by atoms with Crippen molar-refractivity contribution in [1.82, 2.24) is 0 Å². The second-order valence-electron chi connectivity index (χ2n) is 2.79. The summed E-state index contributed by atoms with van der Waals surface area (Å²) in [5.74, 6) is -0.896. The van der Waals surface area contributed by atoms with Crippen LogP contribution in [0.1, 0.15) is 32.0 Å². The van der Waals surface area contributed by atoms with Gasteiger partial charge in [-0.05, 0) is 27.9 Å². The molecule has 13 heavy (non-hydrogen) atoms. The zero-order valence-corrected chi connectivity index (χ0v) is 8.87. The van der Waals surface area contributed by atoms with Crippen molar-refractivity contribution in [3.63, 3.8) is 0 Å². The zero-order valence-electron chi connectivity index (χ0n) is 6.46.